The first-order valence-electron chi connectivity index (χ1n) is 12.4. The molecular weight excluding hydrogens is 452 g/mol. The lowest BCUT2D eigenvalue weighted by atomic mass is 10.1. The summed E-state index contributed by atoms with van der Waals surface area (Å²) in [5, 5.41) is 8.78. The number of carbonyl (C=O) groups excluding carboxylic acids is 3. The molecule has 3 amide bonds. The highest BCUT2D eigenvalue weighted by Crippen LogP contribution is 2.19. The number of amides is 3. The Labute approximate surface area is 212 Å². The van der Waals surface area contributed by atoms with Gasteiger partial charge in [0.2, 0.25) is 11.8 Å². The molecule has 0 radical (unpaired) electrons. The number of anilines is 4. The lowest BCUT2D eigenvalue weighted by Crippen LogP contribution is -2.30. The molecule has 0 aliphatic carbocycles. The summed E-state index contributed by atoms with van der Waals surface area (Å²) in [7, 11) is 0. The molecule has 7 nitrogen and oxygen atoms in total. The zero-order valence-electron chi connectivity index (χ0n) is 20.9. The number of benzene rings is 3. The fraction of sp³-hybridized carbons (Fsp3) is 0.276. The molecule has 7 heteroatoms. The number of hydrogen-bond acceptors (Lipinski definition) is 4. The molecule has 188 valence electrons. The van der Waals surface area contributed by atoms with Crippen LogP contribution in [0.2, 0.25) is 0 Å². The third kappa shape index (κ3) is 7.98. The number of carbonyl (C=O) groups is 3. The van der Waals surface area contributed by atoms with Crippen molar-refractivity contribution in [2.24, 2.45) is 0 Å². The fourth-order valence-corrected chi connectivity index (χ4v) is 3.76. The van der Waals surface area contributed by atoms with Gasteiger partial charge < -0.3 is 20.9 Å². The average Bonchev–Trinajstić information content (AvgIpc) is 2.89. The summed E-state index contributed by atoms with van der Waals surface area (Å²) in [5.41, 5.74) is 3.42. The maximum Gasteiger partial charge on any atom is 0.258 e. The lowest BCUT2D eigenvalue weighted by molar-refractivity contribution is -0.116. The second kappa shape index (κ2) is 13.7. The Morgan fingerprint density at radius 2 is 1.39 bits per heavy atom. The van der Waals surface area contributed by atoms with E-state index in [-0.39, 0.29) is 24.3 Å². The Balaban J connectivity index is 1.50. The summed E-state index contributed by atoms with van der Waals surface area (Å²) < 4.78 is 0. The molecule has 3 rings (SSSR count). The molecule has 3 aromatic rings. The van der Waals surface area contributed by atoms with E-state index in [1.807, 2.05) is 37.3 Å². The quantitative estimate of drug-likeness (QED) is 0.277. The van der Waals surface area contributed by atoms with Crippen molar-refractivity contribution < 1.29 is 14.4 Å². The molecule has 0 spiro atoms. The molecule has 36 heavy (non-hydrogen) atoms. The molecule has 0 fully saturated rings. The maximum atomic E-state index is 12.9. The minimum Gasteiger partial charge on any atom is -0.376 e. The smallest absolute Gasteiger partial charge is 0.258 e. The molecule has 3 N–H and O–H groups in total. The van der Waals surface area contributed by atoms with Gasteiger partial charge in [-0.05, 0) is 67.9 Å². The van der Waals surface area contributed by atoms with E-state index in [4.69, 9.17) is 0 Å². The van der Waals surface area contributed by atoms with Crippen molar-refractivity contribution in [2.75, 3.05) is 33.9 Å². The zero-order valence-corrected chi connectivity index (χ0v) is 20.9. The molecule has 0 aliphatic rings. The van der Waals surface area contributed by atoms with Crippen LogP contribution in [-0.2, 0) is 9.59 Å². The summed E-state index contributed by atoms with van der Waals surface area (Å²) in [6, 6.07) is 23.7. The summed E-state index contributed by atoms with van der Waals surface area (Å²) in [6.07, 6.45) is 3.45. The molecule has 0 aromatic heterocycles. The van der Waals surface area contributed by atoms with Crippen LogP contribution in [0.15, 0.2) is 78.9 Å². The Morgan fingerprint density at radius 3 is 2.03 bits per heavy atom. The second-order valence-electron chi connectivity index (χ2n) is 8.45. The van der Waals surface area contributed by atoms with Crippen LogP contribution in [0.1, 0.15) is 49.9 Å². The van der Waals surface area contributed by atoms with Crippen molar-refractivity contribution in [3.8, 4) is 0 Å². The monoisotopic (exact) mass is 486 g/mol. The van der Waals surface area contributed by atoms with Crippen molar-refractivity contribution in [2.45, 2.75) is 39.5 Å². The van der Waals surface area contributed by atoms with E-state index in [0.29, 0.717) is 29.9 Å². The van der Waals surface area contributed by atoms with Crippen molar-refractivity contribution in [3.05, 3.63) is 84.4 Å². The molecule has 0 heterocycles. The first kappa shape index (κ1) is 26.5. The predicted molar refractivity (Wildman–Crippen MR) is 147 cm³/mol. The van der Waals surface area contributed by atoms with Gasteiger partial charge in [0.25, 0.3) is 5.91 Å². The maximum absolute atomic E-state index is 12.9. The summed E-state index contributed by atoms with van der Waals surface area (Å²) in [6.45, 7) is 4.66. The fourth-order valence-electron chi connectivity index (χ4n) is 3.76. The zero-order chi connectivity index (χ0) is 25.8. The number of nitrogens with zero attached hydrogens (tertiary/aromatic N) is 1. The summed E-state index contributed by atoms with van der Waals surface area (Å²) in [5.74, 6) is -0.325. The van der Waals surface area contributed by atoms with Crippen LogP contribution in [-0.4, -0.2) is 30.8 Å². The van der Waals surface area contributed by atoms with Gasteiger partial charge in [0.05, 0.1) is 6.54 Å². The van der Waals surface area contributed by atoms with Crippen LogP contribution in [0.4, 0.5) is 22.7 Å². The highest BCUT2D eigenvalue weighted by Gasteiger charge is 2.15. The Bertz CT molecular complexity index is 1150. The topological polar surface area (TPSA) is 90.5 Å². The van der Waals surface area contributed by atoms with Crippen molar-refractivity contribution in [1.82, 2.24) is 0 Å². The van der Waals surface area contributed by atoms with Crippen molar-refractivity contribution in [3.63, 3.8) is 0 Å². The average molecular weight is 487 g/mol. The van der Waals surface area contributed by atoms with E-state index >= 15 is 0 Å². The molecule has 0 saturated carbocycles. The van der Waals surface area contributed by atoms with Crippen LogP contribution < -0.4 is 20.9 Å². The predicted octanol–water partition coefficient (Wildman–Crippen LogP) is 5.92. The number of unbranched alkanes of at least 4 members (excludes halogenated alkanes) is 2. The van der Waals surface area contributed by atoms with Crippen LogP contribution >= 0.6 is 0 Å². The van der Waals surface area contributed by atoms with Gasteiger partial charge in [-0.1, -0.05) is 44.0 Å². The number of rotatable bonds is 12. The molecule has 0 unspecified atom stereocenters. The van der Waals surface area contributed by atoms with Gasteiger partial charge in [-0.25, -0.2) is 0 Å². The number of nitrogens with one attached hydrogen (secondary N) is 3. The van der Waals surface area contributed by atoms with E-state index in [1.54, 1.807) is 53.4 Å². The number of para-hydroxylation sites is 1. The van der Waals surface area contributed by atoms with Gasteiger partial charge in [0, 0.05) is 41.3 Å². The SMILES string of the molecule is CCCCCC(=O)Nc1cccc(NC(=O)CNc2ccc(C(=O)N(CC)c3ccccc3)cc2)c1. The number of hydrogen-bond donors (Lipinski definition) is 3. The second-order valence-corrected chi connectivity index (χ2v) is 8.45. The van der Waals surface area contributed by atoms with Gasteiger partial charge >= 0.3 is 0 Å². The van der Waals surface area contributed by atoms with Crippen molar-refractivity contribution >= 4 is 40.5 Å². The van der Waals surface area contributed by atoms with E-state index in [9.17, 15) is 14.4 Å². The molecule has 0 atom stereocenters. The third-order valence-electron chi connectivity index (χ3n) is 5.65. The molecular formula is C29H34N4O3. The standard InChI is InChI=1S/C29H34N4O3/c1-3-5-7-15-27(34)31-24-11-10-12-25(20-24)32-28(35)21-30-23-18-16-22(17-19-23)29(36)33(4-2)26-13-8-6-9-14-26/h6,8-14,16-20,30H,3-5,7,15,21H2,1-2H3,(H,31,34)(H,32,35). The van der Waals surface area contributed by atoms with Gasteiger partial charge in [-0.3, -0.25) is 14.4 Å². The van der Waals surface area contributed by atoms with Gasteiger partial charge in [0.15, 0.2) is 0 Å². The molecule has 0 bridgehead atoms. The van der Waals surface area contributed by atoms with E-state index in [2.05, 4.69) is 22.9 Å². The third-order valence-corrected chi connectivity index (χ3v) is 5.65. The highest BCUT2D eigenvalue weighted by atomic mass is 16.2. The van der Waals surface area contributed by atoms with Gasteiger partial charge in [0.1, 0.15) is 0 Å². The van der Waals surface area contributed by atoms with Crippen molar-refractivity contribution in [1.29, 1.82) is 0 Å². The molecule has 3 aromatic carbocycles. The van der Waals surface area contributed by atoms with E-state index in [1.165, 1.54) is 0 Å². The Kier molecular flexibility index (Phi) is 10.1. The summed E-state index contributed by atoms with van der Waals surface area (Å²) >= 11 is 0. The minimum atomic E-state index is -0.220. The largest absolute Gasteiger partial charge is 0.376 e. The first-order chi connectivity index (χ1) is 17.5. The van der Waals surface area contributed by atoms with Gasteiger partial charge in [-0.15, -0.1) is 0 Å². The van der Waals surface area contributed by atoms with Crippen LogP contribution in [0.25, 0.3) is 0 Å². The first-order valence-corrected chi connectivity index (χ1v) is 12.4. The van der Waals surface area contributed by atoms with E-state index in [0.717, 1.165) is 30.6 Å². The summed E-state index contributed by atoms with van der Waals surface area (Å²) in [4.78, 5) is 39.1. The Morgan fingerprint density at radius 1 is 0.722 bits per heavy atom. The van der Waals surface area contributed by atoms with Crippen LogP contribution in [0, 0.1) is 0 Å². The minimum absolute atomic E-state index is 0.0265. The Hall–Kier alpha value is -4.13. The normalized spacial score (nSPS) is 10.4. The van der Waals surface area contributed by atoms with Crippen LogP contribution in [0.3, 0.4) is 0 Å². The van der Waals surface area contributed by atoms with Crippen LogP contribution in [0.5, 0.6) is 0 Å². The van der Waals surface area contributed by atoms with E-state index < -0.39 is 0 Å². The molecule has 0 saturated heterocycles. The lowest BCUT2D eigenvalue weighted by Gasteiger charge is -2.21. The highest BCUT2D eigenvalue weighted by molar-refractivity contribution is 6.06. The van der Waals surface area contributed by atoms with Gasteiger partial charge in [-0.2, -0.15) is 0 Å². The molecule has 0 aliphatic heterocycles.